The van der Waals surface area contributed by atoms with E-state index in [0.717, 1.165) is 28.3 Å². The zero-order valence-electron chi connectivity index (χ0n) is 14.0. The third-order valence-corrected chi connectivity index (χ3v) is 5.25. The van der Waals surface area contributed by atoms with Gasteiger partial charge >= 0.3 is 5.97 Å². The maximum absolute atomic E-state index is 12.9. The van der Waals surface area contributed by atoms with Gasteiger partial charge < -0.3 is 24.5 Å². The highest BCUT2D eigenvalue weighted by molar-refractivity contribution is 5.79. The molecule has 7 heteroatoms. The number of aliphatic hydroxyl groups is 1. The third-order valence-electron chi connectivity index (χ3n) is 5.25. The van der Waals surface area contributed by atoms with E-state index in [0.29, 0.717) is 17.7 Å². The Bertz CT molecular complexity index is 1050. The Kier molecular flexibility index (Phi) is 3.05. The van der Waals surface area contributed by atoms with Gasteiger partial charge in [-0.05, 0) is 35.9 Å². The maximum atomic E-state index is 12.9. The Hall–Kier alpha value is -3.06. The van der Waals surface area contributed by atoms with Crippen LogP contribution < -0.4 is 15.6 Å². The minimum atomic E-state index is -1.41. The van der Waals surface area contributed by atoms with Crippen LogP contribution in [0.5, 0.6) is 5.75 Å². The highest BCUT2D eigenvalue weighted by Crippen LogP contribution is 2.41. The first-order valence-corrected chi connectivity index (χ1v) is 8.33. The zero-order valence-corrected chi connectivity index (χ0v) is 14.0. The van der Waals surface area contributed by atoms with Gasteiger partial charge in [-0.1, -0.05) is 0 Å². The molecule has 0 saturated carbocycles. The number of fused-ring (bicyclic) bond motifs is 5. The zero-order chi connectivity index (χ0) is 18.0. The second-order valence-electron chi connectivity index (χ2n) is 6.65. The van der Waals surface area contributed by atoms with E-state index in [1.165, 1.54) is 0 Å². The van der Waals surface area contributed by atoms with Crippen LogP contribution in [0.1, 0.15) is 34.5 Å². The summed E-state index contributed by atoms with van der Waals surface area (Å²) in [5.41, 5.74) is 4.21. The summed E-state index contributed by atoms with van der Waals surface area (Å²) in [5, 5.41) is 13.6. The number of methoxy groups -OCH3 is 1. The quantitative estimate of drug-likeness (QED) is 0.756. The summed E-state index contributed by atoms with van der Waals surface area (Å²) in [6.07, 6.45) is 0.647. The Labute approximate surface area is 148 Å². The van der Waals surface area contributed by atoms with E-state index in [4.69, 9.17) is 9.47 Å². The normalized spacial score (nSPS) is 22.2. The minimum absolute atomic E-state index is 0.0983. The van der Waals surface area contributed by atoms with Gasteiger partial charge in [0.15, 0.2) is 6.10 Å². The van der Waals surface area contributed by atoms with Crippen LogP contribution in [0, 0.1) is 0 Å². The maximum Gasteiger partial charge on any atom is 0.340 e. The molecule has 0 bridgehead atoms. The fourth-order valence-corrected chi connectivity index (χ4v) is 3.90. The number of pyridine rings is 1. The van der Waals surface area contributed by atoms with E-state index in [1.807, 2.05) is 18.2 Å². The van der Waals surface area contributed by atoms with Gasteiger partial charge in [-0.3, -0.25) is 4.79 Å². The predicted octanol–water partition coefficient (Wildman–Crippen LogP) is 1.51. The average molecular weight is 352 g/mol. The largest absolute Gasteiger partial charge is 0.497 e. The number of aliphatic hydroxyl groups excluding tert-OH is 1. The first-order valence-electron chi connectivity index (χ1n) is 8.33. The van der Waals surface area contributed by atoms with Gasteiger partial charge in [-0.2, -0.15) is 0 Å². The Balaban J connectivity index is 1.64. The highest BCUT2D eigenvalue weighted by Gasteiger charge is 2.37. The summed E-state index contributed by atoms with van der Waals surface area (Å²) in [4.78, 5) is 24.5. The lowest BCUT2D eigenvalue weighted by Crippen LogP contribution is -2.33. The van der Waals surface area contributed by atoms with Gasteiger partial charge in [0.05, 0.1) is 18.7 Å². The molecule has 1 aromatic carbocycles. The number of carbonyl (C=O) groups is 1. The van der Waals surface area contributed by atoms with E-state index in [2.05, 4.69) is 11.4 Å². The summed E-state index contributed by atoms with van der Waals surface area (Å²) in [6.45, 7) is 0.360. The van der Waals surface area contributed by atoms with E-state index in [1.54, 1.807) is 17.7 Å². The van der Waals surface area contributed by atoms with Crippen LogP contribution in [0.25, 0.3) is 6.08 Å². The molecule has 0 fully saturated rings. The molecule has 5 rings (SSSR count). The molecule has 3 aliphatic heterocycles. The van der Waals surface area contributed by atoms with Crippen molar-refractivity contribution in [2.24, 2.45) is 0 Å². The standard InChI is InChI=1S/C19H16N2O5/c1-25-11-2-3-14-9(5-11)4-10-7-21-15(16(10)20-14)6-12-13(18(21)23)8-26-19(24)17(12)22/h2-6,16-17,20,22H,7-8H2,1H3. The smallest absolute Gasteiger partial charge is 0.340 e. The second kappa shape index (κ2) is 5.22. The second-order valence-corrected chi connectivity index (χ2v) is 6.65. The van der Waals surface area contributed by atoms with Crippen LogP contribution in [-0.2, 0) is 22.7 Å². The van der Waals surface area contributed by atoms with E-state index in [-0.39, 0.29) is 18.2 Å². The van der Waals surface area contributed by atoms with Crippen molar-refractivity contribution >= 4 is 17.7 Å². The van der Waals surface area contributed by atoms with Gasteiger partial charge in [-0.25, -0.2) is 4.79 Å². The molecule has 0 amide bonds. The summed E-state index contributed by atoms with van der Waals surface area (Å²) < 4.78 is 11.9. The van der Waals surface area contributed by atoms with Crippen LogP contribution in [0.15, 0.2) is 34.6 Å². The average Bonchev–Trinajstić information content (AvgIpc) is 3.01. The Morgan fingerprint density at radius 1 is 1.31 bits per heavy atom. The van der Waals surface area contributed by atoms with Crippen LogP contribution >= 0.6 is 0 Å². The molecule has 1 aromatic heterocycles. The molecule has 132 valence electrons. The number of esters is 1. The molecular weight excluding hydrogens is 336 g/mol. The summed E-state index contributed by atoms with van der Waals surface area (Å²) in [5.74, 6) is 0.0485. The lowest BCUT2D eigenvalue weighted by molar-refractivity contribution is -0.157. The Morgan fingerprint density at radius 2 is 2.15 bits per heavy atom. The van der Waals surface area contributed by atoms with Gasteiger partial charge in [0.2, 0.25) is 0 Å². The van der Waals surface area contributed by atoms with Crippen molar-refractivity contribution in [3.63, 3.8) is 0 Å². The number of hydrogen-bond donors (Lipinski definition) is 2. The van der Waals surface area contributed by atoms with E-state index >= 15 is 0 Å². The van der Waals surface area contributed by atoms with Crippen LogP contribution in [0.2, 0.25) is 0 Å². The van der Waals surface area contributed by atoms with Crippen molar-refractivity contribution in [2.45, 2.75) is 25.3 Å². The fourth-order valence-electron chi connectivity index (χ4n) is 3.90. The molecule has 0 saturated heterocycles. The number of anilines is 1. The molecule has 0 aliphatic carbocycles. The summed E-state index contributed by atoms with van der Waals surface area (Å²) in [7, 11) is 1.62. The van der Waals surface area contributed by atoms with Crippen LogP contribution in [0.4, 0.5) is 5.69 Å². The number of rotatable bonds is 1. The number of benzene rings is 1. The van der Waals surface area contributed by atoms with Gasteiger partial charge in [0.1, 0.15) is 12.4 Å². The Morgan fingerprint density at radius 3 is 2.96 bits per heavy atom. The molecule has 2 atom stereocenters. The van der Waals surface area contributed by atoms with Crippen molar-refractivity contribution in [3.8, 4) is 5.75 Å². The number of aromatic nitrogens is 1. The van der Waals surface area contributed by atoms with E-state index < -0.39 is 12.1 Å². The molecule has 7 nitrogen and oxygen atoms in total. The lowest BCUT2D eigenvalue weighted by Gasteiger charge is -2.25. The first kappa shape index (κ1) is 15.2. The van der Waals surface area contributed by atoms with Crippen LogP contribution in [0.3, 0.4) is 0 Å². The summed E-state index contributed by atoms with van der Waals surface area (Å²) in [6, 6.07) is 7.33. The number of ether oxygens (including phenoxy) is 2. The van der Waals surface area contributed by atoms with Crippen LogP contribution in [-0.4, -0.2) is 22.8 Å². The molecule has 2 unspecified atom stereocenters. The highest BCUT2D eigenvalue weighted by atomic mass is 16.5. The van der Waals surface area contributed by atoms with Crippen molar-refractivity contribution in [1.29, 1.82) is 0 Å². The molecule has 0 spiro atoms. The minimum Gasteiger partial charge on any atom is -0.497 e. The summed E-state index contributed by atoms with van der Waals surface area (Å²) >= 11 is 0. The van der Waals surface area contributed by atoms with Gasteiger partial charge in [0, 0.05) is 29.1 Å². The monoisotopic (exact) mass is 352 g/mol. The van der Waals surface area contributed by atoms with Gasteiger partial charge in [-0.15, -0.1) is 0 Å². The van der Waals surface area contributed by atoms with Gasteiger partial charge in [0.25, 0.3) is 5.56 Å². The van der Waals surface area contributed by atoms with Crippen molar-refractivity contribution in [1.82, 2.24) is 4.57 Å². The number of nitrogens with one attached hydrogen (secondary N) is 1. The fraction of sp³-hybridized carbons (Fsp3) is 0.263. The molecule has 2 aromatic rings. The number of carbonyl (C=O) groups excluding carboxylic acids is 1. The first-order chi connectivity index (χ1) is 12.6. The molecule has 2 N–H and O–H groups in total. The van der Waals surface area contributed by atoms with Crippen molar-refractivity contribution in [2.75, 3.05) is 12.4 Å². The molecular formula is C19H16N2O5. The molecule has 26 heavy (non-hydrogen) atoms. The molecule has 0 radical (unpaired) electrons. The van der Waals surface area contributed by atoms with Crippen molar-refractivity contribution < 1.29 is 19.4 Å². The number of nitrogens with zero attached hydrogens (tertiary/aromatic N) is 1. The number of cyclic esters (lactones) is 1. The molecule has 3 aliphatic rings. The SMILES string of the molecule is COc1ccc2c(c1)C=C1Cn3c(cc4c(c3=O)COC(=O)C4O)C1N2. The van der Waals surface area contributed by atoms with Crippen molar-refractivity contribution in [3.05, 3.63) is 62.6 Å². The topological polar surface area (TPSA) is 89.8 Å². The lowest BCUT2D eigenvalue weighted by atomic mass is 9.95. The third kappa shape index (κ3) is 1.97. The predicted molar refractivity (Wildman–Crippen MR) is 92.8 cm³/mol. The molecule has 4 heterocycles. The van der Waals surface area contributed by atoms with E-state index in [9.17, 15) is 14.7 Å². The number of hydrogen-bond acceptors (Lipinski definition) is 6.